The molecule has 2 aliphatic rings. The van der Waals surface area contributed by atoms with Gasteiger partial charge >= 0.3 is 0 Å². The van der Waals surface area contributed by atoms with Gasteiger partial charge in [0.05, 0.1) is 35.2 Å². The van der Waals surface area contributed by atoms with Crippen molar-refractivity contribution in [3.63, 3.8) is 0 Å². The molecule has 1 fully saturated rings. The molecule has 0 radical (unpaired) electrons. The zero-order chi connectivity index (χ0) is 22.2. The van der Waals surface area contributed by atoms with E-state index in [9.17, 15) is 16.8 Å². The maximum atomic E-state index is 12.5. The largest absolute Gasteiger partial charge is 0.366 e. The summed E-state index contributed by atoms with van der Waals surface area (Å²) in [5.74, 6) is -0.688. The van der Waals surface area contributed by atoms with Gasteiger partial charge < -0.3 is 4.74 Å². The molecule has 0 spiro atoms. The minimum absolute atomic E-state index is 0.0764. The summed E-state index contributed by atoms with van der Waals surface area (Å²) < 4.78 is 66.6. The Morgan fingerprint density at radius 3 is 1.39 bits per heavy atom. The van der Waals surface area contributed by atoms with Crippen molar-refractivity contribution in [2.75, 3.05) is 13.2 Å². The predicted octanol–water partition coefficient (Wildman–Crippen LogP) is 2.98. The highest BCUT2D eigenvalue weighted by molar-refractivity contribution is 7.87. The summed E-state index contributed by atoms with van der Waals surface area (Å²) in [6.07, 6.45) is 3.02. The summed E-state index contributed by atoms with van der Waals surface area (Å²) >= 11 is 0. The van der Waals surface area contributed by atoms with Gasteiger partial charge in [0.2, 0.25) is 0 Å². The lowest BCUT2D eigenvalue weighted by atomic mass is 9.84. The normalized spacial score (nSPS) is 25.2. The highest BCUT2D eigenvalue weighted by atomic mass is 32.2. The summed E-state index contributed by atoms with van der Waals surface area (Å²) in [7, 11) is -7.87. The van der Waals surface area contributed by atoms with E-state index in [2.05, 4.69) is 0 Å². The van der Waals surface area contributed by atoms with E-state index in [1.807, 2.05) is 26.0 Å². The highest BCUT2D eigenvalue weighted by Gasteiger charge is 2.47. The summed E-state index contributed by atoms with van der Waals surface area (Å²) in [4.78, 5) is 0.153. The van der Waals surface area contributed by atoms with Crippen molar-refractivity contribution in [1.29, 1.82) is 0 Å². The monoisotopic (exact) mass is 464 g/mol. The third-order valence-electron chi connectivity index (χ3n) is 5.65. The van der Waals surface area contributed by atoms with E-state index in [-0.39, 0.29) is 47.0 Å². The van der Waals surface area contributed by atoms with Gasteiger partial charge in [0.1, 0.15) is 0 Å². The van der Waals surface area contributed by atoms with Crippen LogP contribution in [0.2, 0.25) is 0 Å². The smallest absolute Gasteiger partial charge is 0.296 e. The van der Waals surface area contributed by atoms with Gasteiger partial charge in [-0.2, -0.15) is 16.8 Å². The quantitative estimate of drug-likeness (QED) is 0.438. The van der Waals surface area contributed by atoms with Crippen LogP contribution in [0.4, 0.5) is 0 Å². The molecule has 0 unspecified atom stereocenters. The van der Waals surface area contributed by atoms with Crippen molar-refractivity contribution in [3.05, 3.63) is 71.8 Å². The van der Waals surface area contributed by atoms with Crippen LogP contribution in [0.5, 0.6) is 0 Å². The first kappa shape index (κ1) is 22.2. The second-order valence-corrected chi connectivity index (χ2v) is 11.1. The Labute approximate surface area is 182 Å². The van der Waals surface area contributed by atoms with Crippen molar-refractivity contribution in [2.45, 2.75) is 35.8 Å². The van der Waals surface area contributed by atoms with E-state index >= 15 is 0 Å². The summed E-state index contributed by atoms with van der Waals surface area (Å²) in [6.45, 7) is 3.48. The number of fused-ring (bicyclic) bond motifs is 2. The Balaban J connectivity index is 1.43. The topological polar surface area (TPSA) is 96.0 Å². The average Bonchev–Trinajstić information content (AvgIpc) is 3.33. The molecule has 0 N–H and O–H groups in total. The number of hydrogen-bond acceptors (Lipinski definition) is 7. The number of rotatable bonds is 8. The molecule has 4 atom stereocenters. The van der Waals surface area contributed by atoms with Crippen LogP contribution < -0.4 is 0 Å². The minimum Gasteiger partial charge on any atom is -0.366 e. The Morgan fingerprint density at radius 2 is 1.03 bits per heavy atom. The van der Waals surface area contributed by atoms with Crippen molar-refractivity contribution < 1.29 is 29.9 Å². The van der Waals surface area contributed by atoms with E-state index in [0.717, 1.165) is 11.1 Å². The molecular formula is C22H24O7S2. The van der Waals surface area contributed by atoms with Crippen molar-refractivity contribution >= 4 is 20.2 Å². The molecule has 0 amide bonds. The summed E-state index contributed by atoms with van der Waals surface area (Å²) in [5, 5.41) is 0. The van der Waals surface area contributed by atoms with Gasteiger partial charge in [-0.15, -0.1) is 0 Å². The highest BCUT2D eigenvalue weighted by Crippen LogP contribution is 2.40. The lowest BCUT2D eigenvalue weighted by molar-refractivity contribution is 0.0940. The van der Waals surface area contributed by atoms with E-state index in [1.54, 1.807) is 24.3 Å². The Morgan fingerprint density at radius 1 is 0.677 bits per heavy atom. The van der Waals surface area contributed by atoms with Gasteiger partial charge in [0, 0.05) is 11.8 Å². The molecule has 2 aliphatic heterocycles. The maximum absolute atomic E-state index is 12.5. The zero-order valence-corrected chi connectivity index (χ0v) is 18.8. The van der Waals surface area contributed by atoms with E-state index < -0.39 is 20.2 Å². The van der Waals surface area contributed by atoms with Crippen molar-refractivity contribution in [1.82, 2.24) is 0 Å². The molecule has 0 aromatic heterocycles. The third-order valence-corrected chi connectivity index (χ3v) is 8.24. The first-order valence-corrected chi connectivity index (χ1v) is 12.7. The van der Waals surface area contributed by atoms with Gasteiger partial charge in [-0.05, 0) is 38.1 Å². The molecule has 2 aromatic rings. The zero-order valence-electron chi connectivity index (χ0n) is 17.2. The van der Waals surface area contributed by atoms with Gasteiger partial charge in [0.15, 0.2) is 0 Å². The molecule has 2 heterocycles. The summed E-state index contributed by atoms with van der Waals surface area (Å²) in [5.41, 5.74) is 1.88. The van der Waals surface area contributed by atoms with Gasteiger partial charge in [-0.25, -0.2) is 0 Å². The van der Waals surface area contributed by atoms with Gasteiger partial charge in [-0.1, -0.05) is 47.5 Å². The van der Waals surface area contributed by atoms with Gasteiger partial charge in [-0.3, -0.25) is 8.37 Å². The molecule has 9 heteroatoms. The Hall–Kier alpha value is -2.04. The van der Waals surface area contributed by atoms with Crippen LogP contribution in [0.15, 0.2) is 70.5 Å². The predicted molar refractivity (Wildman–Crippen MR) is 113 cm³/mol. The number of aryl methyl sites for hydroxylation is 2. The average molecular weight is 465 g/mol. The molecule has 2 bridgehead atoms. The minimum atomic E-state index is -3.93. The second-order valence-electron chi connectivity index (χ2n) is 7.88. The fourth-order valence-corrected chi connectivity index (χ4v) is 5.67. The molecular weight excluding hydrogens is 440 g/mol. The SMILES string of the molecule is Cc1ccc(S(=O)(=O)OC[C@@H]2[C@H](COS(=O)(=O)c3ccc(C)cc3)[C@H]3C=C[C@H]2O3)cc1. The van der Waals surface area contributed by atoms with Crippen LogP contribution in [0.1, 0.15) is 11.1 Å². The van der Waals surface area contributed by atoms with Crippen LogP contribution in [-0.4, -0.2) is 42.3 Å². The van der Waals surface area contributed by atoms with Crippen molar-refractivity contribution in [2.24, 2.45) is 11.8 Å². The number of hydrogen-bond donors (Lipinski definition) is 0. The number of benzene rings is 2. The molecule has 31 heavy (non-hydrogen) atoms. The molecule has 0 aliphatic carbocycles. The summed E-state index contributed by atoms with van der Waals surface area (Å²) in [6, 6.07) is 12.8. The first-order chi connectivity index (χ1) is 14.7. The first-order valence-electron chi connectivity index (χ1n) is 9.92. The molecule has 0 saturated carbocycles. The molecule has 2 aromatic carbocycles. The van der Waals surface area contributed by atoms with E-state index in [1.165, 1.54) is 24.3 Å². The van der Waals surface area contributed by atoms with Crippen molar-refractivity contribution in [3.8, 4) is 0 Å². The van der Waals surface area contributed by atoms with Crippen LogP contribution >= 0.6 is 0 Å². The molecule has 1 saturated heterocycles. The van der Waals surface area contributed by atoms with Crippen LogP contribution in [0.3, 0.4) is 0 Å². The lowest BCUT2D eigenvalue weighted by Crippen LogP contribution is -2.33. The Kier molecular flexibility index (Phi) is 6.06. The van der Waals surface area contributed by atoms with Crippen LogP contribution in [-0.2, 0) is 33.3 Å². The molecule has 7 nitrogen and oxygen atoms in total. The fourth-order valence-electron chi connectivity index (χ4n) is 3.78. The van der Waals surface area contributed by atoms with Gasteiger partial charge in [0.25, 0.3) is 20.2 Å². The fraction of sp³-hybridized carbons (Fsp3) is 0.364. The molecule has 166 valence electrons. The number of ether oxygens (including phenoxy) is 1. The lowest BCUT2D eigenvalue weighted by Gasteiger charge is -2.24. The van der Waals surface area contributed by atoms with Crippen LogP contribution in [0.25, 0.3) is 0 Å². The Bertz CT molecular complexity index is 1070. The van der Waals surface area contributed by atoms with E-state index in [0.29, 0.717) is 0 Å². The molecule has 4 rings (SSSR count). The standard InChI is InChI=1S/C22H24O7S2/c1-15-3-7-17(8-4-15)30(23,24)27-13-19-20(22-12-11-21(19)29-22)14-28-31(25,26)18-9-5-16(2)6-10-18/h3-12,19-22H,13-14H2,1-2H3/t19-,20+,21-,22-/m1/s1. The maximum Gasteiger partial charge on any atom is 0.296 e. The van der Waals surface area contributed by atoms with Crippen LogP contribution in [0, 0.1) is 25.7 Å². The van der Waals surface area contributed by atoms with E-state index in [4.69, 9.17) is 13.1 Å². The second kappa shape index (κ2) is 8.48. The third kappa shape index (κ3) is 4.75.